The smallest absolute Gasteiger partial charge is 0.308 e. The van der Waals surface area contributed by atoms with E-state index in [1.165, 1.54) is 57.8 Å². The summed E-state index contributed by atoms with van der Waals surface area (Å²) in [4.78, 5) is 11.6. The molecule has 0 amide bonds. The summed E-state index contributed by atoms with van der Waals surface area (Å²) in [7, 11) is 0. The van der Waals surface area contributed by atoms with E-state index in [2.05, 4.69) is 12.2 Å². The summed E-state index contributed by atoms with van der Waals surface area (Å²) in [6.45, 7) is 6.16. The summed E-state index contributed by atoms with van der Waals surface area (Å²) in [6.07, 6.45) is 14.3. The van der Waals surface area contributed by atoms with E-state index < -0.39 is 5.79 Å². The Morgan fingerprint density at radius 2 is 1.61 bits per heavy atom. The molecule has 1 heterocycles. The molecule has 23 heavy (non-hydrogen) atoms. The van der Waals surface area contributed by atoms with E-state index in [-0.39, 0.29) is 5.97 Å². The largest absolute Gasteiger partial charge is 0.432 e. The van der Waals surface area contributed by atoms with Crippen LogP contribution in [0.5, 0.6) is 0 Å². The Morgan fingerprint density at radius 1 is 1.00 bits per heavy atom. The highest BCUT2D eigenvalue weighted by atomic mass is 16.7. The van der Waals surface area contributed by atoms with Gasteiger partial charge in [0.05, 0.1) is 13.2 Å². The highest BCUT2D eigenvalue weighted by Gasteiger charge is 2.36. The number of rotatable bonds is 13. The number of carbonyl (C=O) groups is 1. The number of hydrogen-bond acceptors (Lipinski definition) is 4. The minimum absolute atomic E-state index is 0.166. The third-order valence-corrected chi connectivity index (χ3v) is 4.54. The maximum absolute atomic E-state index is 11.6. The maximum atomic E-state index is 11.6. The molecule has 1 aliphatic heterocycles. The first-order valence-corrected chi connectivity index (χ1v) is 9.79. The first-order valence-electron chi connectivity index (χ1n) is 9.79. The average Bonchev–Trinajstić information content (AvgIpc) is 2.57. The standard InChI is InChI=1S/C19H37NO3/c1-3-5-6-7-8-9-10-11-12-13-14-19(23-18(21)4-2)17-20-15-16-22-19/h20H,3-17H2,1-2H3. The summed E-state index contributed by atoms with van der Waals surface area (Å²) in [5.41, 5.74) is 0. The van der Waals surface area contributed by atoms with Gasteiger partial charge in [-0.15, -0.1) is 0 Å². The fourth-order valence-electron chi connectivity index (χ4n) is 3.08. The van der Waals surface area contributed by atoms with Crippen LogP contribution in [0.1, 0.15) is 90.9 Å². The topological polar surface area (TPSA) is 47.6 Å². The van der Waals surface area contributed by atoms with E-state index in [1.54, 1.807) is 0 Å². The Labute approximate surface area is 142 Å². The Morgan fingerprint density at radius 3 is 2.13 bits per heavy atom. The number of hydrogen-bond donors (Lipinski definition) is 1. The molecule has 1 aliphatic rings. The van der Waals surface area contributed by atoms with Crippen molar-refractivity contribution in [2.45, 2.75) is 96.7 Å². The van der Waals surface area contributed by atoms with Gasteiger partial charge in [0.1, 0.15) is 0 Å². The van der Waals surface area contributed by atoms with Crippen molar-refractivity contribution in [3.8, 4) is 0 Å². The van der Waals surface area contributed by atoms with Crippen LogP contribution in [-0.2, 0) is 14.3 Å². The molecule has 4 heteroatoms. The van der Waals surface area contributed by atoms with Gasteiger partial charge in [-0.2, -0.15) is 0 Å². The quantitative estimate of drug-likeness (QED) is 0.398. The second-order valence-corrected chi connectivity index (χ2v) is 6.70. The minimum atomic E-state index is -0.717. The van der Waals surface area contributed by atoms with E-state index in [1.807, 2.05) is 6.92 Å². The lowest BCUT2D eigenvalue weighted by molar-refractivity contribution is -0.242. The van der Waals surface area contributed by atoms with Crippen LogP contribution in [0.15, 0.2) is 0 Å². The van der Waals surface area contributed by atoms with Crippen LogP contribution in [-0.4, -0.2) is 31.5 Å². The second kappa shape index (κ2) is 12.8. The maximum Gasteiger partial charge on any atom is 0.308 e. The van der Waals surface area contributed by atoms with E-state index in [4.69, 9.17) is 9.47 Å². The molecule has 0 saturated carbocycles. The van der Waals surface area contributed by atoms with Gasteiger partial charge in [0, 0.05) is 19.4 Å². The monoisotopic (exact) mass is 327 g/mol. The van der Waals surface area contributed by atoms with Crippen molar-refractivity contribution in [3.63, 3.8) is 0 Å². The Bertz CT molecular complexity index is 301. The van der Waals surface area contributed by atoms with Crippen LogP contribution in [0.3, 0.4) is 0 Å². The third kappa shape index (κ3) is 9.31. The van der Waals surface area contributed by atoms with Gasteiger partial charge in [-0.3, -0.25) is 4.79 Å². The van der Waals surface area contributed by atoms with Gasteiger partial charge >= 0.3 is 5.97 Å². The number of morpholine rings is 1. The lowest BCUT2D eigenvalue weighted by atomic mass is 10.0. The normalized spacial score (nSPS) is 21.3. The molecule has 1 N–H and O–H groups in total. The first kappa shape index (κ1) is 20.4. The van der Waals surface area contributed by atoms with E-state index in [0.29, 0.717) is 19.6 Å². The number of ether oxygens (including phenoxy) is 2. The van der Waals surface area contributed by atoms with Gasteiger partial charge in [0.15, 0.2) is 0 Å². The number of nitrogens with one attached hydrogen (secondary N) is 1. The van der Waals surface area contributed by atoms with Crippen LogP contribution in [0, 0.1) is 0 Å². The van der Waals surface area contributed by atoms with Crippen LogP contribution >= 0.6 is 0 Å². The summed E-state index contributed by atoms with van der Waals surface area (Å²) < 4.78 is 11.4. The molecule has 1 fully saturated rings. The zero-order chi connectivity index (χ0) is 16.8. The molecule has 1 rings (SSSR count). The Hall–Kier alpha value is -0.610. The van der Waals surface area contributed by atoms with Crippen LogP contribution < -0.4 is 5.32 Å². The zero-order valence-electron chi connectivity index (χ0n) is 15.3. The summed E-state index contributed by atoms with van der Waals surface area (Å²) >= 11 is 0. The molecule has 1 atom stereocenters. The van der Waals surface area contributed by atoms with Crippen molar-refractivity contribution < 1.29 is 14.3 Å². The molecule has 4 nitrogen and oxygen atoms in total. The predicted octanol–water partition coefficient (Wildman–Crippen LogP) is 4.57. The number of carbonyl (C=O) groups excluding carboxylic acids is 1. The molecule has 0 aliphatic carbocycles. The van der Waals surface area contributed by atoms with Gasteiger partial charge in [-0.25, -0.2) is 0 Å². The fourth-order valence-corrected chi connectivity index (χ4v) is 3.08. The third-order valence-electron chi connectivity index (χ3n) is 4.54. The highest BCUT2D eigenvalue weighted by molar-refractivity contribution is 5.69. The molecule has 0 bridgehead atoms. The molecule has 0 aromatic carbocycles. The van der Waals surface area contributed by atoms with Gasteiger partial charge in [-0.05, 0) is 6.42 Å². The molecule has 0 radical (unpaired) electrons. The van der Waals surface area contributed by atoms with Crippen LogP contribution in [0.25, 0.3) is 0 Å². The molecule has 0 aromatic rings. The number of esters is 1. The van der Waals surface area contributed by atoms with Gasteiger partial charge in [0.25, 0.3) is 0 Å². The second-order valence-electron chi connectivity index (χ2n) is 6.70. The van der Waals surface area contributed by atoms with Gasteiger partial charge in [0.2, 0.25) is 5.79 Å². The Balaban J connectivity index is 2.09. The van der Waals surface area contributed by atoms with Crippen molar-refractivity contribution in [3.05, 3.63) is 0 Å². The number of unbranched alkanes of at least 4 members (excludes halogenated alkanes) is 9. The summed E-state index contributed by atoms with van der Waals surface area (Å²) in [5.74, 6) is -0.883. The van der Waals surface area contributed by atoms with E-state index in [9.17, 15) is 4.79 Å². The molecule has 1 unspecified atom stereocenters. The summed E-state index contributed by atoms with van der Waals surface area (Å²) in [6, 6.07) is 0. The van der Waals surface area contributed by atoms with Crippen molar-refractivity contribution in [1.29, 1.82) is 0 Å². The van der Waals surface area contributed by atoms with Crippen molar-refractivity contribution in [2.75, 3.05) is 19.7 Å². The summed E-state index contributed by atoms with van der Waals surface area (Å²) in [5, 5.41) is 3.29. The SMILES string of the molecule is CCCCCCCCCCCCC1(OC(=O)CC)CNCCO1. The minimum Gasteiger partial charge on any atom is -0.432 e. The van der Waals surface area contributed by atoms with Gasteiger partial charge in [-0.1, -0.05) is 71.6 Å². The van der Waals surface area contributed by atoms with E-state index >= 15 is 0 Å². The molecule has 0 spiro atoms. The predicted molar refractivity (Wildman–Crippen MR) is 94.4 cm³/mol. The lowest BCUT2D eigenvalue weighted by Crippen LogP contribution is -2.52. The van der Waals surface area contributed by atoms with Crippen molar-refractivity contribution in [2.24, 2.45) is 0 Å². The Kier molecular flexibility index (Phi) is 11.3. The van der Waals surface area contributed by atoms with Crippen molar-refractivity contribution >= 4 is 5.97 Å². The first-order chi connectivity index (χ1) is 11.2. The van der Waals surface area contributed by atoms with Crippen molar-refractivity contribution in [1.82, 2.24) is 5.32 Å². The highest BCUT2D eigenvalue weighted by Crippen LogP contribution is 2.24. The molecular weight excluding hydrogens is 290 g/mol. The van der Waals surface area contributed by atoms with E-state index in [0.717, 1.165) is 19.4 Å². The fraction of sp³-hybridized carbons (Fsp3) is 0.947. The van der Waals surface area contributed by atoms with Crippen LogP contribution in [0.4, 0.5) is 0 Å². The average molecular weight is 328 g/mol. The molecule has 1 saturated heterocycles. The molecular formula is C19H37NO3. The van der Waals surface area contributed by atoms with Gasteiger partial charge < -0.3 is 14.8 Å². The zero-order valence-corrected chi connectivity index (χ0v) is 15.3. The molecule has 0 aromatic heterocycles. The van der Waals surface area contributed by atoms with Crippen LogP contribution in [0.2, 0.25) is 0 Å². The lowest BCUT2D eigenvalue weighted by Gasteiger charge is -2.37. The molecule has 136 valence electrons.